The van der Waals surface area contributed by atoms with E-state index in [0.717, 1.165) is 28.2 Å². The highest BCUT2D eigenvalue weighted by Crippen LogP contribution is 2.34. The number of nitrogens with zero attached hydrogens (tertiary/aromatic N) is 2. The first-order valence-corrected chi connectivity index (χ1v) is 8.48. The molecule has 8 nitrogen and oxygen atoms in total. The Morgan fingerprint density at radius 1 is 1.52 bits per heavy atom. The zero-order valence-electron chi connectivity index (χ0n) is 10.3. The molecule has 0 radical (unpaired) electrons. The highest BCUT2D eigenvalue weighted by molar-refractivity contribution is 8.00. The number of carboxylic acid groups (broad SMARTS) is 1. The standard InChI is InChI=1S/C10H9ClN2O6S2/c11-6-1-2-9(7(3-6)13(16)17)21(18,19)12-5-20-4-8(12)10(14)15/h1-3,8H,4-5H2,(H,14,15). The lowest BCUT2D eigenvalue weighted by Crippen LogP contribution is -2.41. The predicted molar refractivity (Wildman–Crippen MR) is 75.9 cm³/mol. The number of halogens is 1. The van der Waals surface area contributed by atoms with Crippen LogP contribution in [0.1, 0.15) is 0 Å². The van der Waals surface area contributed by atoms with Crippen LogP contribution in [0.5, 0.6) is 0 Å². The fourth-order valence-corrected chi connectivity index (χ4v) is 5.28. The van der Waals surface area contributed by atoms with E-state index in [1.807, 2.05) is 0 Å². The third-order valence-electron chi connectivity index (χ3n) is 2.83. The molecule has 1 N–H and O–H groups in total. The largest absolute Gasteiger partial charge is 0.480 e. The molecule has 0 bridgehead atoms. The Morgan fingerprint density at radius 3 is 2.76 bits per heavy atom. The molecule has 11 heteroatoms. The molecule has 1 fully saturated rings. The van der Waals surface area contributed by atoms with Crippen LogP contribution in [-0.4, -0.2) is 46.4 Å². The number of aliphatic carboxylic acids is 1. The zero-order valence-corrected chi connectivity index (χ0v) is 12.7. The van der Waals surface area contributed by atoms with Gasteiger partial charge >= 0.3 is 5.97 Å². The molecule has 0 amide bonds. The summed E-state index contributed by atoms with van der Waals surface area (Å²) in [7, 11) is -4.29. The maximum Gasteiger partial charge on any atom is 0.322 e. The third kappa shape index (κ3) is 2.98. The van der Waals surface area contributed by atoms with Gasteiger partial charge in [-0.05, 0) is 12.1 Å². The van der Waals surface area contributed by atoms with Crippen LogP contribution in [0.2, 0.25) is 5.02 Å². The van der Waals surface area contributed by atoms with Crippen molar-refractivity contribution in [2.75, 3.05) is 11.6 Å². The lowest BCUT2D eigenvalue weighted by atomic mass is 10.3. The molecule has 2 rings (SSSR count). The van der Waals surface area contributed by atoms with Crippen molar-refractivity contribution in [3.05, 3.63) is 33.3 Å². The fraction of sp³-hybridized carbons (Fsp3) is 0.300. The Hall–Kier alpha value is -1.36. The highest BCUT2D eigenvalue weighted by atomic mass is 35.5. The Labute approximate surface area is 128 Å². The number of thioether (sulfide) groups is 1. The van der Waals surface area contributed by atoms with Crippen molar-refractivity contribution in [1.29, 1.82) is 0 Å². The van der Waals surface area contributed by atoms with Gasteiger partial charge in [0.25, 0.3) is 15.7 Å². The number of rotatable bonds is 4. The molecular formula is C10H9ClN2O6S2. The molecule has 0 spiro atoms. The molecule has 0 aromatic heterocycles. The van der Waals surface area contributed by atoms with Gasteiger partial charge in [-0.25, -0.2) is 8.42 Å². The number of hydrogen-bond acceptors (Lipinski definition) is 6. The number of sulfonamides is 1. The van der Waals surface area contributed by atoms with Gasteiger partial charge in [0.05, 0.1) is 10.8 Å². The van der Waals surface area contributed by atoms with E-state index in [1.165, 1.54) is 6.07 Å². The van der Waals surface area contributed by atoms with E-state index in [0.29, 0.717) is 0 Å². The van der Waals surface area contributed by atoms with Gasteiger partial charge in [0.15, 0.2) is 4.90 Å². The molecule has 1 aliphatic heterocycles. The van der Waals surface area contributed by atoms with Gasteiger partial charge in [0, 0.05) is 16.8 Å². The number of carbonyl (C=O) groups is 1. The maximum atomic E-state index is 12.5. The van der Waals surface area contributed by atoms with E-state index in [2.05, 4.69) is 0 Å². The SMILES string of the molecule is O=C(O)C1CSCN1S(=O)(=O)c1ccc(Cl)cc1[N+](=O)[O-]. The summed E-state index contributed by atoms with van der Waals surface area (Å²) in [5, 5.41) is 20.1. The second-order valence-corrected chi connectivity index (χ2v) is 7.41. The maximum absolute atomic E-state index is 12.5. The topological polar surface area (TPSA) is 118 Å². The second kappa shape index (κ2) is 5.79. The van der Waals surface area contributed by atoms with Gasteiger partial charge in [-0.15, -0.1) is 11.8 Å². The van der Waals surface area contributed by atoms with Gasteiger partial charge in [-0.2, -0.15) is 4.31 Å². The van der Waals surface area contributed by atoms with Crippen molar-refractivity contribution in [2.24, 2.45) is 0 Å². The third-order valence-corrected chi connectivity index (χ3v) is 6.14. The second-order valence-electron chi connectivity index (χ2n) is 4.12. The van der Waals surface area contributed by atoms with Crippen LogP contribution in [0.3, 0.4) is 0 Å². The number of nitro benzene ring substituents is 1. The summed E-state index contributed by atoms with van der Waals surface area (Å²) in [4.78, 5) is 20.7. The van der Waals surface area contributed by atoms with Crippen molar-refractivity contribution in [3.63, 3.8) is 0 Å². The Morgan fingerprint density at radius 2 is 2.19 bits per heavy atom. The molecule has 1 heterocycles. The summed E-state index contributed by atoms with van der Waals surface area (Å²) in [5.74, 6) is -1.27. The van der Waals surface area contributed by atoms with Crippen molar-refractivity contribution in [2.45, 2.75) is 10.9 Å². The summed E-state index contributed by atoms with van der Waals surface area (Å²) >= 11 is 6.77. The lowest BCUT2D eigenvalue weighted by Gasteiger charge is -2.19. The Balaban J connectivity index is 2.54. The van der Waals surface area contributed by atoms with Crippen LogP contribution >= 0.6 is 23.4 Å². The molecule has 0 saturated carbocycles. The molecule has 1 unspecified atom stereocenters. The summed E-state index contributed by atoms with van der Waals surface area (Å²) in [5.41, 5.74) is -0.677. The number of hydrogen-bond donors (Lipinski definition) is 1. The monoisotopic (exact) mass is 352 g/mol. The minimum Gasteiger partial charge on any atom is -0.480 e. The Bertz CT molecular complexity index is 707. The van der Waals surface area contributed by atoms with E-state index in [-0.39, 0.29) is 16.7 Å². The van der Waals surface area contributed by atoms with E-state index < -0.39 is 37.5 Å². The molecule has 1 atom stereocenters. The van der Waals surface area contributed by atoms with Crippen LogP contribution in [0.15, 0.2) is 23.1 Å². The minimum absolute atomic E-state index is 0.0197. The fourth-order valence-electron chi connectivity index (χ4n) is 1.84. The van der Waals surface area contributed by atoms with Crippen molar-refractivity contribution in [1.82, 2.24) is 4.31 Å². The van der Waals surface area contributed by atoms with E-state index in [9.17, 15) is 23.3 Å². The average Bonchev–Trinajstić information content (AvgIpc) is 2.88. The summed E-state index contributed by atoms with van der Waals surface area (Å²) in [6.45, 7) is 0. The first-order chi connectivity index (χ1) is 9.75. The highest BCUT2D eigenvalue weighted by Gasteiger charge is 2.42. The minimum atomic E-state index is -4.29. The lowest BCUT2D eigenvalue weighted by molar-refractivity contribution is -0.387. The first kappa shape index (κ1) is 16.0. The van der Waals surface area contributed by atoms with Crippen molar-refractivity contribution < 1.29 is 23.2 Å². The zero-order chi connectivity index (χ0) is 15.8. The van der Waals surface area contributed by atoms with Crippen LogP contribution in [0.4, 0.5) is 5.69 Å². The predicted octanol–water partition coefficient (Wildman–Crippen LogP) is 1.40. The Kier molecular flexibility index (Phi) is 4.42. The van der Waals surface area contributed by atoms with Crippen molar-refractivity contribution >= 4 is 45.0 Å². The number of carboxylic acids is 1. The van der Waals surface area contributed by atoms with E-state index in [1.54, 1.807) is 0 Å². The summed E-state index contributed by atoms with van der Waals surface area (Å²) in [6.07, 6.45) is 0. The molecule has 1 saturated heterocycles. The van der Waals surface area contributed by atoms with Crippen LogP contribution in [-0.2, 0) is 14.8 Å². The van der Waals surface area contributed by atoms with E-state index in [4.69, 9.17) is 16.7 Å². The molecular weight excluding hydrogens is 344 g/mol. The van der Waals surface area contributed by atoms with Crippen LogP contribution < -0.4 is 0 Å². The molecule has 1 aliphatic rings. The smallest absolute Gasteiger partial charge is 0.322 e. The average molecular weight is 353 g/mol. The van der Waals surface area contributed by atoms with Crippen molar-refractivity contribution in [3.8, 4) is 0 Å². The van der Waals surface area contributed by atoms with Crippen LogP contribution in [0, 0.1) is 10.1 Å². The van der Waals surface area contributed by atoms with Gasteiger partial charge < -0.3 is 5.11 Å². The van der Waals surface area contributed by atoms with Gasteiger partial charge in [-0.1, -0.05) is 11.6 Å². The van der Waals surface area contributed by atoms with Gasteiger partial charge in [0.1, 0.15) is 6.04 Å². The van der Waals surface area contributed by atoms with Crippen LogP contribution in [0.25, 0.3) is 0 Å². The quantitative estimate of drug-likeness (QED) is 0.642. The molecule has 1 aromatic rings. The molecule has 1 aromatic carbocycles. The summed E-state index contributed by atoms with van der Waals surface area (Å²) < 4.78 is 25.7. The normalized spacial score (nSPS) is 19.6. The molecule has 0 aliphatic carbocycles. The number of benzene rings is 1. The number of nitro groups is 1. The van der Waals surface area contributed by atoms with Gasteiger partial charge in [0.2, 0.25) is 0 Å². The van der Waals surface area contributed by atoms with Gasteiger partial charge in [-0.3, -0.25) is 14.9 Å². The molecule has 21 heavy (non-hydrogen) atoms. The first-order valence-electron chi connectivity index (χ1n) is 5.51. The summed E-state index contributed by atoms with van der Waals surface area (Å²) in [6, 6.07) is 1.90. The van der Waals surface area contributed by atoms with E-state index >= 15 is 0 Å². The molecule has 114 valence electrons.